The highest BCUT2D eigenvalue weighted by molar-refractivity contribution is 5.60. The lowest BCUT2D eigenvalue weighted by atomic mass is 9.90. The number of nitrogens with zero attached hydrogens (tertiary/aromatic N) is 5. The van der Waals surface area contributed by atoms with Crippen LogP contribution in [0.1, 0.15) is 49.1 Å². The zero-order valence-electron chi connectivity index (χ0n) is 19.8. The highest BCUT2D eigenvalue weighted by Crippen LogP contribution is 2.30. The lowest BCUT2D eigenvalue weighted by molar-refractivity contribution is 0.221. The van der Waals surface area contributed by atoms with Gasteiger partial charge in [0.05, 0.1) is 5.69 Å². The smallest absolute Gasteiger partial charge is 0.259 e. The van der Waals surface area contributed by atoms with Crippen LogP contribution in [0.4, 0.5) is 5.95 Å². The van der Waals surface area contributed by atoms with Crippen LogP contribution in [-0.2, 0) is 6.54 Å². The predicted molar refractivity (Wildman–Crippen MR) is 138 cm³/mol. The molecule has 4 heterocycles. The van der Waals surface area contributed by atoms with Gasteiger partial charge in [0, 0.05) is 55.8 Å². The number of benzene rings is 1. The third-order valence-corrected chi connectivity index (χ3v) is 7.10. The first kappa shape index (κ1) is 22.5. The number of likely N-dealkylation sites (tertiary alicyclic amines) is 1. The first-order valence-corrected chi connectivity index (χ1v) is 12.4. The Morgan fingerprint density at radius 2 is 1.74 bits per heavy atom. The summed E-state index contributed by atoms with van der Waals surface area (Å²) in [6, 6.07) is 14.5. The third kappa shape index (κ3) is 4.97. The van der Waals surface area contributed by atoms with Crippen LogP contribution in [0.15, 0.2) is 66.2 Å². The minimum absolute atomic E-state index is 0.115. The van der Waals surface area contributed by atoms with Crippen molar-refractivity contribution in [3.8, 4) is 11.3 Å². The van der Waals surface area contributed by atoms with Crippen molar-refractivity contribution in [2.24, 2.45) is 0 Å². The molecule has 1 atom stereocenters. The molecule has 3 aromatic rings. The minimum atomic E-state index is -0.115. The number of hydrogen-bond acceptors (Lipinski definition) is 5. The Morgan fingerprint density at radius 1 is 0.971 bits per heavy atom. The quantitative estimate of drug-likeness (QED) is 0.536. The molecule has 1 aromatic carbocycles. The van der Waals surface area contributed by atoms with Crippen molar-refractivity contribution < 1.29 is 0 Å². The molecule has 2 aliphatic heterocycles. The molecule has 2 saturated heterocycles. The minimum Gasteiger partial charge on any atom is -0.341 e. The highest BCUT2D eigenvalue weighted by atomic mass is 16.1. The summed E-state index contributed by atoms with van der Waals surface area (Å²) in [7, 11) is 0. The maximum atomic E-state index is 12.9. The number of piperidine rings is 2. The molecule has 0 N–H and O–H groups in total. The summed E-state index contributed by atoms with van der Waals surface area (Å²) in [6.07, 6.45) is 11.2. The second-order valence-corrected chi connectivity index (χ2v) is 9.43. The molecule has 0 saturated carbocycles. The van der Waals surface area contributed by atoms with E-state index < -0.39 is 0 Å². The Bertz CT molecular complexity index is 1170. The van der Waals surface area contributed by atoms with Gasteiger partial charge in [-0.3, -0.25) is 19.2 Å². The van der Waals surface area contributed by atoms with E-state index in [1.54, 1.807) is 29.2 Å². The van der Waals surface area contributed by atoms with Gasteiger partial charge >= 0.3 is 0 Å². The Morgan fingerprint density at radius 3 is 2.47 bits per heavy atom. The van der Waals surface area contributed by atoms with Crippen LogP contribution in [0.5, 0.6) is 0 Å². The number of anilines is 1. The van der Waals surface area contributed by atoms with Gasteiger partial charge in [0.25, 0.3) is 5.56 Å². The van der Waals surface area contributed by atoms with Crippen LogP contribution in [0.3, 0.4) is 0 Å². The van der Waals surface area contributed by atoms with E-state index >= 15 is 0 Å². The average Bonchev–Trinajstić information content (AvgIpc) is 2.90. The maximum absolute atomic E-state index is 12.9. The van der Waals surface area contributed by atoms with Crippen LogP contribution in [0, 0.1) is 0 Å². The van der Waals surface area contributed by atoms with E-state index in [9.17, 15) is 4.79 Å². The molecule has 0 radical (unpaired) electrons. The van der Waals surface area contributed by atoms with E-state index in [2.05, 4.69) is 45.6 Å². The van der Waals surface area contributed by atoms with Gasteiger partial charge in [0.2, 0.25) is 5.95 Å². The van der Waals surface area contributed by atoms with E-state index in [1.165, 1.54) is 43.5 Å². The SMILES string of the molecule is C=Cn1c(N2CCCC(c3ccc(CN4CCCCC4)cc3)C2)nc(-c2ccncc2)cc1=O. The molecule has 5 rings (SSSR count). The summed E-state index contributed by atoms with van der Waals surface area (Å²) >= 11 is 0. The zero-order chi connectivity index (χ0) is 23.3. The monoisotopic (exact) mass is 455 g/mol. The van der Waals surface area contributed by atoms with Gasteiger partial charge in [0.15, 0.2) is 0 Å². The van der Waals surface area contributed by atoms with E-state index in [0.29, 0.717) is 17.6 Å². The van der Waals surface area contributed by atoms with Crippen molar-refractivity contribution in [1.82, 2.24) is 19.4 Å². The number of hydrogen-bond donors (Lipinski definition) is 0. The molecule has 0 aliphatic carbocycles. The molecule has 2 fully saturated rings. The molecular formula is C28H33N5O. The van der Waals surface area contributed by atoms with Crippen molar-refractivity contribution in [1.29, 1.82) is 0 Å². The molecule has 0 amide bonds. The van der Waals surface area contributed by atoms with Gasteiger partial charge in [0.1, 0.15) is 0 Å². The second-order valence-electron chi connectivity index (χ2n) is 9.43. The molecule has 0 bridgehead atoms. The standard InChI is InChI=1S/C28H33N5O/c1-2-33-27(34)19-26(24-12-14-29-15-13-24)30-28(33)32-18-6-7-25(21-32)23-10-8-22(9-11-23)20-31-16-4-3-5-17-31/h2,8-15,19,25H,1,3-7,16-18,20-21H2. The van der Waals surface area contributed by atoms with Crippen LogP contribution in [-0.4, -0.2) is 45.6 Å². The Hall–Kier alpha value is -3.25. The number of rotatable bonds is 6. The van der Waals surface area contributed by atoms with Crippen LogP contribution >= 0.6 is 0 Å². The zero-order valence-corrected chi connectivity index (χ0v) is 19.8. The fourth-order valence-corrected chi connectivity index (χ4v) is 5.25. The summed E-state index contributed by atoms with van der Waals surface area (Å²) < 4.78 is 1.56. The summed E-state index contributed by atoms with van der Waals surface area (Å²) in [5, 5.41) is 0. The summed E-state index contributed by atoms with van der Waals surface area (Å²) in [6.45, 7) is 9.07. The van der Waals surface area contributed by atoms with Gasteiger partial charge in [-0.05, 0) is 62.0 Å². The van der Waals surface area contributed by atoms with Crippen molar-refractivity contribution in [3.05, 3.63) is 82.9 Å². The molecule has 1 unspecified atom stereocenters. The van der Waals surface area contributed by atoms with E-state index in [0.717, 1.165) is 38.0 Å². The van der Waals surface area contributed by atoms with E-state index in [-0.39, 0.29) is 5.56 Å². The molecule has 0 spiro atoms. The normalized spacial score (nSPS) is 19.2. The Balaban J connectivity index is 1.35. The Labute approximate surface area is 201 Å². The van der Waals surface area contributed by atoms with Crippen molar-refractivity contribution in [3.63, 3.8) is 0 Å². The van der Waals surface area contributed by atoms with Gasteiger partial charge in [-0.2, -0.15) is 0 Å². The molecular weight excluding hydrogens is 422 g/mol. The van der Waals surface area contributed by atoms with Crippen LogP contribution in [0.2, 0.25) is 0 Å². The van der Waals surface area contributed by atoms with E-state index in [1.807, 2.05) is 12.1 Å². The van der Waals surface area contributed by atoms with Crippen molar-refractivity contribution in [2.75, 3.05) is 31.1 Å². The van der Waals surface area contributed by atoms with Gasteiger partial charge in [-0.15, -0.1) is 0 Å². The van der Waals surface area contributed by atoms with E-state index in [4.69, 9.17) is 4.98 Å². The fourth-order valence-electron chi connectivity index (χ4n) is 5.25. The lowest BCUT2D eigenvalue weighted by Crippen LogP contribution is -2.38. The van der Waals surface area contributed by atoms with Crippen LogP contribution < -0.4 is 10.5 Å². The number of pyridine rings is 1. The molecule has 176 valence electrons. The molecule has 2 aromatic heterocycles. The third-order valence-electron chi connectivity index (χ3n) is 7.10. The summed E-state index contributed by atoms with van der Waals surface area (Å²) in [5.41, 5.74) is 4.21. The summed E-state index contributed by atoms with van der Waals surface area (Å²) in [4.78, 5) is 26.6. The molecule has 6 heteroatoms. The first-order chi connectivity index (χ1) is 16.7. The average molecular weight is 456 g/mol. The van der Waals surface area contributed by atoms with Crippen LogP contribution in [0.25, 0.3) is 17.5 Å². The summed E-state index contributed by atoms with van der Waals surface area (Å²) in [5.74, 6) is 1.08. The fraction of sp³-hybridized carbons (Fsp3) is 0.393. The molecule has 6 nitrogen and oxygen atoms in total. The Kier molecular flexibility index (Phi) is 6.86. The van der Waals surface area contributed by atoms with Gasteiger partial charge in [-0.25, -0.2) is 4.98 Å². The predicted octanol–water partition coefficient (Wildman–Crippen LogP) is 4.78. The van der Waals surface area contributed by atoms with Crippen molar-refractivity contribution in [2.45, 2.75) is 44.6 Å². The topological polar surface area (TPSA) is 54.3 Å². The number of aromatic nitrogens is 3. The second kappa shape index (κ2) is 10.3. The van der Waals surface area contributed by atoms with Gasteiger partial charge < -0.3 is 4.90 Å². The molecule has 2 aliphatic rings. The van der Waals surface area contributed by atoms with Gasteiger partial charge in [-0.1, -0.05) is 37.3 Å². The lowest BCUT2D eigenvalue weighted by Gasteiger charge is -2.34. The van der Waals surface area contributed by atoms with Crippen molar-refractivity contribution >= 4 is 12.1 Å². The maximum Gasteiger partial charge on any atom is 0.259 e. The first-order valence-electron chi connectivity index (χ1n) is 12.4. The largest absolute Gasteiger partial charge is 0.341 e. The highest BCUT2D eigenvalue weighted by Gasteiger charge is 2.25. The molecule has 34 heavy (non-hydrogen) atoms.